The van der Waals surface area contributed by atoms with E-state index in [9.17, 15) is 0 Å². The molecular formula is C15H24N2O. The molecule has 18 heavy (non-hydrogen) atoms. The van der Waals surface area contributed by atoms with Crippen LogP contribution in [0.1, 0.15) is 32.4 Å². The predicted molar refractivity (Wildman–Crippen MR) is 75.1 cm³/mol. The minimum Gasteiger partial charge on any atom is -0.497 e. The van der Waals surface area contributed by atoms with Crippen LogP contribution in [-0.4, -0.2) is 37.2 Å². The number of benzene rings is 1. The first kappa shape index (κ1) is 13.4. The molecule has 0 radical (unpaired) electrons. The van der Waals surface area contributed by atoms with Gasteiger partial charge < -0.3 is 10.1 Å². The molecule has 0 amide bonds. The number of methoxy groups -OCH3 is 1. The Morgan fingerprint density at radius 3 is 2.50 bits per heavy atom. The Bertz CT molecular complexity index is 386. The second-order valence-electron chi connectivity index (χ2n) is 5.73. The third-order valence-electron chi connectivity index (χ3n) is 3.75. The van der Waals surface area contributed by atoms with Gasteiger partial charge in [-0.05, 0) is 38.5 Å². The van der Waals surface area contributed by atoms with E-state index in [4.69, 9.17) is 4.74 Å². The molecule has 1 atom stereocenters. The van der Waals surface area contributed by atoms with Crippen molar-refractivity contribution in [1.29, 1.82) is 0 Å². The van der Waals surface area contributed by atoms with Crippen molar-refractivity contribution in [2.45, 2.75) is 32.4 Å². The number of rotatable bonds is 3. The average Bonchev–Trinajstić information content (AvgIpc) is 2.37. The first-order valence-corrected chi connectivity index (χ1v) is 6.65. The molecule has 3 nitrogen and oxygen atoms in total. The highest BCUT2D eigenvalue weighted by molar-refractivity contribution is 5.29. The van der Waals surface area contributed by atoms with Crippen molar-refractivity contribution in [3.63, 3.8) is 0 Å². The molecule has 0 bridgehead atoms. The zero-order valence-electron chi connectivity index (χ0n) is 11.9. The van der Waals surface area contributed by atoms with Gasteiger partial charge in [-0.3, -0.25) is 4.90 Å². The summed E-state index contributed by atoms with van der Waals surface area (Å²) in [5.74, 6) is 0.923. The van der Waals surface area contributed by atoms with E-state index < -0.39 is 0 Å². The van der Waals surface area contributed by atoms with Crippen LogP contribution in [0.25, 0.3) is 0 Å². The molecule has 1 N–H and O–H groups in total. The standard InChI is InChI=1S/C15H24N2O/c1-12(13-5-7-14(18-4)8-6-13)17-10-9-16-15(2,3)11-17/h5-8,12,16H,9-11H2,1-4H3. The van der Waals surface area contributed by atoms with Crippen molar-refractivity contribution in [3.8, 4) is 5.75 Å². The van der Waals surface area contributed by atoms with Gasteiger partial charge in [-0.25, -0.2) is 0 Å². The molecule has 2 rings (SSSR count). The first-order valence-electron chi connectivity index (χ1n) is 6.65. The van der Waals surface area contributed by atoms with Gasteiger partial charge >= 0.3 is 0 Å². The Balaban J connectivity index is 2.07. The molecule has 1 aromatic rings. The van der Waals surface area contributed by atoms with Crippen molar-refractivity contribution in [2.75, 3.05) is 26.7 Å². The third kappa shape index (κ3) is 3.03. The van der Waals surface area contributed by atoms with Gasteiger partial charge in [0.15, 0.2) is 0 Å². The second-order valence-corrected chi connectivity index (χ2v) is 5.73. The maximum atomic E-state index is 5.20. The Morgan fingerprint density at radius 1 is 1.28 bits per heavy atom. The van der Waals surface area contributed by atoms with E-state index in [1.165, 1.54) is 5.56 Å². The summed E-state index contributed by atoms with van der Waals surface area (Å²) in [5.41, 5.74) is 1.56. The molecule has 3 heteroatoms. The van der Waals surface area contributed by atoms with E-state index in [0.717, 1.165) is 25.4 Å². The summed E-state index contributed by atoms with van der Waals surface area (Å²) in [6.07, 6.45) is 0. The van der Waals surface area contributed by atoms with Gasteiger partial charge in [-0.2, -0.15) is 0 Å². The minimum atomic E-state index is 0.207. The Labute approximate surface area is 110 Å². The lowest BCUT2D eigenvalue weighted by Crippen LogP contribution is -2.57. The van der Waals surface area contributed by atoms with Crippen LogP contribution < -0.4 is 10.1 Å². The van der Waals surface area contributed by atoms with Gasteiger partial charge in [0.05, 0.1) is 7.11 Å². The van der Waals surface area contributed by atoms with Gasteiger partial charge in [-0.15, -0.1) is 0 Å². The lowest BCUT2D eigenvalue weighted by Gasteiger charge is -2.42. The predicted octanol–water partition coefficient (Wildman–Crippen LogP) is 2.44. The number of ether oxygens (including phenoxy) is 1. The molecule has 0 saturated carbocycles. The molecule has 0 spiro atoms. The summed E-state index contributed by atoms with van der Waals surface area (Å²) in [6, 6.07) is 8.87. The molecular weight excluding hydrogens is 224 g/mol. The van der Waals surface area contributed by atoms with Gasteiger partial charge in [-0.1, -0.05) is 12.1 Å². The van der Waals surface area contributed by atoms with Gasteiger partial charge in [0.25, 0.3) is 0 Å². The zero-order chi connectivity index (χ0) is 13.2. The Hall–Kier alpha value is -1.06. The average molecular weight is 248 g/mol. The van der Waals surface area contributed by atoms with Crippen molar-refractivity contribution >= 4 is 0 Å². The van der Waals surface area contributed by atoms with Crippen LogP contribution in [0.4, 0.5) is 0 Å². The van der Waals surface area contributed by atoms with Crippen LogP contribution >= 0.6 is 0 Å². The summed E-state index contributed by atoms with van der Waals surface area (Å²) in [5, 5.41) is 3.55. The highest BCUT2D eigenvalue weighted by Gasteiger charge is 2.28. The summed E-state index contributed by atoms with van der Waals surface area (Å²) >= 11 is 0. The Kier molecular flexibility index (Phi) is 3.93. The fraction of sp³-hybridized carbons (Fsp3) is 0.600. The lowest BCUT2D eigenvalue weighted by atomic mass is 9.98. The van der Waals surface area contributed by atoms with Crippen molar-refractivity contribution < 1.29 is 4.74 Å². The molecule has 1 heterocycles. The molecule has 1 aliphatic rings. The van der Waals surface area contributed by atoms with E-state index in [2.05, 4.69) is 43.1 Å². The topological polar surface area (TPSA) is 24.5 Å². The fourth-order valence-electron chi connectivity index (χ4n) is 2.60. The van der Waals surface area contributed by atoms with Gasteiger partial charge in [0.2, 0.25) is 0 Å². The molecule has 1 aromatic carbocycles. The van der Waals surface area contributed by atoms with E-state index in [-0.39, 0.29) is 5.54 Å². The lowest BCUT2D eigenvalue weighted by molar-refractivity contribution is 0.117. The smallest absolute Gasteiger partial charge is 0.118 e. The monoisotopic (exact) mass is 248 g/mol. The molecule has 100 valence electrons. The maximum absolute atomic E-state index is 5.20. The van der Waals surface area contributed by atoms with Crippen LogP contribution in [0.5, 0.6) is 5.75 Å². The summed E-state index contributed by atoms with van der Waals surface area (Å²) in [7, 11) is 1.71. The van der Waals surface area contributed by atoms with Crippen LogP contribution in [0.15, 0.2) is 24.3 Å². The quantitative estimate of drug-likeness (QED) is 0.889. The number of nitrogens with zero attached hydrogens (tertiary/aromatic N) is 1. The van der Waals surface area contributed by atoms with Crippen LogP contribution in [0.3, 0.4) is 0 Å². The van der Waals surface area contributed by atoms with E-state index in [1.807, 2.05) is 12.1 Å². The first-order chi connectivity index (χ1) is 8.52. The van der Waals surface area contributed by atoms with Crippen LogP contribution in [0.2, 0.25) is 0 Å². The number of hydrogen-bond donors (Lipinski definition) is 1. The fourth-order valence-corrected chi connectivity index (χ4v) is 2.60. The van der Waals surface area contributed by atoms with E-state index >= 15 is 0 Å². The molecule has 1 fully saturated rings. The van der Waals surface area contributed by atoms with Crippen LogP contribution in [-0.2, 0) is 0 Å². The van der Waals surface area contributed by atoms with Gasteiger partial charge in [0.1, 0.15) is 5.75 Å². The molecule has 1 saturated heterocycles. The number of piperazine rings is 1. The zero-order valence-corrected chi connectivity index (χ0v) is 11.9. The SMILES string of the molecule is COc1ccc(C(C)N2CCNC(C)(C)C2)cc1. The number of hydrogen-bond acceptors (Lipinski definition) is 3. The van der Waals surface area contributed by atoms with Crippen molar-refractivity contribution in [1.82, 2.24) is 10.2 Å². The summed E-state index contributed by atoms with van der Waals surface area (Å²) < 4.78 is 5.20. The summed E-state index contributed by atoms with van der Waals surface area (Å²) in [6.45, 7) is 10.1. The maximum Gasteiger partial charge on any atom is 0.118 e. The third-order valence-corrected chi connectivity index (χ3v) is 3.75. The van der Waals surface area contributed by atoms with E-state index in [0.29, 0.717) is 6.04 Å². The van der Waals surface area contributed by atoms with Crippen molar-refractivity contribution in [3.05, 3.63) is 29.8 Å². The second kappa shape index (κ2) is 5.29. The highest BCUT2D eigenvalue weighted by Crippen LogP contribution is 2.25. The van der Waals surface area contributed by atoms with Crippen molar-refractivity contribution in [2.24, 2.45) is 0 Å². The molecule has 1 unspecified atom stereocenters. The van der Waals surface area contributed by atoms with Crippen LogP contribution in [0, 0.1) is 0 Å². The molecule has 0 aromatic heterocycles. The normalized spacial score (nSPS) is 21.6. The van der Waals surface area contributed by atoms with E-state index in [1.54, 1.807) is 7.11 Å². The molecule has 0 aliphatic carbocycles. The molecule has 1 aliphatic heterocycles. The highest BCUT2D eigenvalue weighted by atomic mass is 16.5. The number of nitrogens with one attached hydrogen (secondary N) is 1. The Morgan fingerprint density at radius 2 is 1.94 bits per heavy atom. The summed E-state index contributed by atoms with van der Waals surface area (Å²) in [4.78, 5) is 2.54. The minimum absolute atomic E-state index is 0.207. The van der Waals surface area contributed by atoms with Gasteiger partial charge in [0, 0.05) is 31.2 Å². The largest absolute Gasteiger partial charge is 0.497 e.